The fraction of sp³-hybridized carbons (Fsp3) is 0.273. The number of ether oxygens (including phenoxy) is 2. The Hall–Kier alpha value is -3.19. The number of benzene rings is 2. The highest BCUT2D eigenvalue weighted by Crippen LogP contribution is 2.34. The van der Waals surface area contributed by atoms with E-state index in [0.29, 0.717) is 22.0 Å². The molecule has 2 aromatic carbocycles. The Morgan fingerprint density at radius 1 is 1.06 bits per heavy atom. The number of aliphatic hydroxyl groups excluding tert-OH is 3. The number of halogens is 1. The molecule has 2 aliphatic rings. The number of hydrogen-bond donors (Lipinski definition) is 4. The summed E-state index contributed by atoms with van der Waals surface area (Å²) >= 11 is 6.28. The summed E-state index contributed by atoms with van der Waals surface area (Å²) in [4.78, 5) is 16.2. The lowest BCUT2D eigenvalue weighted by molar-refractivity contribution is -0.305. The van der Waals surface area contributed by atoms with Gasteiger partial charge in [-0.15, -0.1) is 10.2 Å². The Kier molecular flexibility index (Phi) is 5.90. The van der Waals surface area contributed by atoms with E-state index in [2.05, 4.69) is 10.2 Å². The molecule has 12 heteroatoms. The number of hydrogen-bond acceptors (Lipinski definition) is 9. The average Bonchev–Trinajstić information content (AvgIpc) is 3.27. The summed E-state index contributed by atoms with van der Waals surface area (Å²) in [6.07, 6.45) is -8.64. The molecule has 34 heavy (non-hydrogen) atoms. The molecule has 1 saturated heterocycles. The topological polar surface area (TPSA) is 160 Å². The Morgan fingerprint density at radius 3 is 2.56 bits per heavy atom. The van der Waals surface area contributed by atoms with Crippen LogP contribution in [-0.4, -0.2) is 77.6 Å². The van der Waals surface area contributed by atoms with Gasteiger partial charge in [0.15, 0.2) is 18.2 Å². The molecule has 0 saturated carbocycles. The first-order valence-electron chi connectivity index (χ1n) is 10.3. The van der Waals surface area contributed by atoms with Crippen LogP contribution >= 0.6 is 11.6 Å². The van der Waals surface area contributed by atoms with E-state index in [4.69, 9.17) is 26.1 Å². The Balaban J connectivity index is 1.61. The molecule has 0 bridgehead atoms. The van der Waals surface area contributed by atoms with Crippen molar-refractivity contribution < 1.29 is 34.7 Å². The number of nitrogens with zero attached hydrogens (tertiary/aromatic N) is 4. The van der Waals surface area contributed by atoms with Gasteiger partial charge in [-0.25, -0.2) is 9.79 Å². The fourth-order valence-corrected chi connectivity index (χ4v) is 4.13. The number of aromatic nitrogens is 3. The van der Waals surface area contributed by atoms with Crippen LogP contribution in [0.15, 0.2) is 59.9 Å². The minimum absolute atomic E-state index is 0.220. The van der Waals surface area contributed by atoms with Gasteiger partial charge in [0.2, 0.25) is 6.23 Å². The Morgan fingerprint density at radius 2 is 1.82 bits per heavy atom. The molecule has 0 spiro atoms. The lowest BCUT2D eigenvalue weighted by Crippen LogP contribution is -2.60. The predicted octanol–water partition coefficient (Wildman–Crippen LogP) is 0.679. The molecule has 6 atom stereocenters. The van der Waals surface area contributed by atoms with Crippen molar-refractivity contribution in [3.05, 3.63) is 76.8 Å². The first kappa shape index (κ1) is 22.6. The molecule has 5 rings (SSSR count). The zero-order valence-electron chi connectivity index (χ0n) is 17.3. The molecule has 1 fully saturated rings. The monoisotopic (exact) mass is 486 g/mol. The van der Waals surface area contributed by atoms with Gasteiger partial charge >= 0.3 is 5.97 Å². The standard InChI is InChI=1S/C22H19ClN4O7/c23-11-6-7-13-12(8-11)14(10-4-2-1-3-5-10)25-20(19-26-24-9-27(13)19)34-22-17(30)15(28)16(29)18(33-22)21(31)32/h1-9,15-18,20,22,28-30H,(H,31,32)/t15-,16-,17+,18-,20?,22-/m0/s1. The van der Waals surface area contributed by atoms with Gasteiger partial charge in [-0.1, -0.05) is 41.9 Å². The summed E-state index contributed by atoms with van der Waals surface area (Å²) in [5.74, 6) is -1.30. The largest absolute Gasteiger partial charge is 0.479 e. The van der Waals surface area contributed by atoms with E-state index in [9.17, 15) is 25.2 Å². The highest BCUT2D eigenvalue weighted by molar-refractivity contribution is 6.31. The quantitative estimate of drug-likeness (QED) is 0.415. The van der Waals surface area contributed by atoms with Crippen LogP contribution in [0.2, 0.25) is 5.02 Å². The molecule has 2 aliphatic heterocycles. The van der Waals surface area contributed by atoms with E-state index in [0.717, 1.165) is 5.56 Å². The summed E-state index contributed by atoms with van der Waals surface area (Å²) in [5.41, 5.74) is 2.56. The van der Waals surface area contributed by atoms with Gasteiger partial charge in [0.25, 0.3) is 0 Å². The predicted molar refractivity (Wildman–Crippen MR) is 117 cm³/mol. The van der Waals surface area contributed by atoms with Gasteiger partial charge in [0.1, 0.15) is 24.6 Å². The van der Waals surface area contributed by atoms with Crippen molar-refractivity contribution in [2.45, 2.75) is 36.9 Å². The molecule has 0 amide bonds. The highest BCUT2D eigenvalue weighted by Gasteiger charge is 2.48. The highest BCUT2D eigenvalue weighted by atomic mass is 35.5. The molecule has 1 aromatic heterocycles. The summed E-state index contributed by atoms with van der Waals surface area (Å²) in [5, 5.41) is 48.4. The smallest absolute Gasteiger partial charge is 0.335 e. The second-order valence-electron chi connectivity index (χ2n) is 7.79. The summed E-state index contributed by atoms with van der Waals surface area (Å²) in [6.45, 7) is 0. The number of rotatable bonds is 4. The van der Waals surface area contributed by atoms with Gasteiger partial charge in [-0.3, -0.25) is 4.57 Å². The van der Waals surface area contributed by atoms with Crippen molar-refractivity contribution in [3.63, 3.8) is 0 Å². The number of aliphatic carboxylic acids is 1. The van der Waals surface area contributed by atoms with Gasteiger partial charge in [0.05, 0.1) is 11.4 Å². The molecule has 1 unspecified atom stereocenters. The summed E-state index contributed by atoms with van der Waals surface area (Å²) in [7, 11) is 0. The zero-order valence-corrected chi connectivity index (χ0v) is 18.1. The van der Waals surface area contributed by atoms with Crippen molar-refractivity contribution >= 4 is 23.3 Å². The van der Waals surface area contributed by atoms with E-state index < -0.39 is 42.9 Å². The van der Waals surface area contributed by atoms with Gasteiger partial charge in [0, 0.05) is 16.1 Å². The Labute approximate surface area is 197 Å². The first-order chi connectivity index (χ1) is 16.3. The van der Waals surface area contributed by atoms with E-state index in [1.165, 1.54) is 6.33 Å². The molecule has 176 valence electrons. The molecular formula is C22H19ClN4O7. The van der Waals surface area contributed by atoms with E-state index in [1.54, 1.807) is 22.8 Å². The number of aliphatic imine (C=N–C) groups is 1. The molecular weight excluding hydrogens is 468 g/mol. The normalized spacial score (nSPS) is 28.4. The number of carbonyl (C=O) groups is 1. The summed E-state index contributed by atoms with van der Waals surface area (Å²) < 4.78 is 12.8. The lowest BCUT2D eigenvalue weighted by Gasteiger charge is -2.39. The van der Waals surface area contributed by atoms with Gasteiger partial charge in [-0.2, -0.15) is 0 Å². The van der Waals surface area contributed by atoms with Crippen molar-refractivity contribution in [2.24, 2.45) is 4.99 Å². The maximum atomic E-state index is 11.5. The first-order valence-corrected chi connectivity index (χ1v) is 10.6. The Bertz CT molecular complexity index is 1250. The maximum Gasteiger partial charge on any atom is 0.335 e. The van der Waals surface area contributed by atoms with E-state index in [-0.39, 0.29) is 5.82 Å². The van der Waals surface area contributed by atoms with Crippen LogP contribution in [-0.2, 0) is 14.3 Å². The number of aliphatic hydroxyl groups is 3. The maximum absolute atomic E-state index is 11.5. The molecule has 4 N–H and O–H groups in total. The third-order valence-corrected chi connectivity index (χ3v) is 5.87. The van der Waals surface area contributed by atoms with Crippen LogP contribution in [0.4, 0.5) is 0 Å². The van der Waals surface area contributed by atoms with Gasteiger partial charge in [-0.05, 0) is 18.2 Å². The minimum Gasteiger partial charge on any atom is -0.479 e. The van der Waals surface area contributed by atoms with Gasteiger partial charge < -0.3 is 29.9 Å². The second-order valence-corrected chi connectivity index (χ2v) is 8.22. The molecule has 0 aliphatic carbocycles. The number of carboxylic acid groups (broad SMARTS) is 1. The van der Waals surface area contributed by atoms with Crippen LogP contribution in [0.25, 0.3) is 5.69 Å². The van der Waals surface area contributed by atoms with Crippen molar-refractivity contribution in [1.82, 2.24) is 14.8 Å². The average molecular weight is 487 g/mol. The van der Waals surface area contributed by atoms with Crippen molar-refractivity contribution in [3.8, 4) is 5.69 Å². The van der Waals surface area contributed by atoms with Crippen LogP contribution in [0.1, 0.15) is 23.2 Å². The third-order valence-electron chi connectivity index (χ3n) is 5.64. The van der Waals surface area contributed by atoms with Crippen molar-refractivity contribution in [2.75, 3.05) is 0 Å². The zero-order chi connectivity index (χ0) is 24.0. The lowest BCUT2D eigenvalue weighted by atomic mass is 9.99. The molecule has 3 aromatic rings. The number of fused-ring (bicyclic) bond motifs is 3. The molecule has 11 nitrogen and oxygen atoms in total. The third kappa shape index (κ3) is 3.88. The van der Waals surface area contributed by atoms with Crippen LogP contribution in [0.3, 0.4) is 0 Å². The van der Waals surface area contributed by atoms with E-state index in [1.807, 2.05) is 30.3 Å². The molecule has 3 heterocycles. The van der Waals surface area contributed by atoms with Crippen LogP contribution in [0.5, 0.6) is 0 Å². The van der Waals surface area contributed by atoms with E-state index >= 15 is 0 Å². The van der Waals surface area contributed by atoms with Crippen LogP contribution in [0, 0.1) is 0 Å². The fourth-order valence-electron chi connectivity index (χ4n) is 3.96. The van der Waals surface area contributed by atoms with Crippen molar-refractivity contribution in [1.29, 1.82) is 0 Å². The second kappa shape index (κ2) is 8.87. The SMILES string of the molecule is O=C(O)[C@H]1O[C@@H](OC2N=C(c3ccccc3)c3cc(Cl)ccc3-n3cnnc32)[C@H](O)[C@@H](O)[C@@H]1O. The molecule has 0 radical (unpaired) electrons. The minimum atomic E-state index is -1.85. The number of carboxylic acids is 1. The van der Waals surface area contributed by atoms with Crippen LogP contribution < -0.4 is 0 Å². The summed E-state index contributed by atoms with van der Waals surface area (Å²) in [6, 6.07) is 14.4.